The predicted octanol–water partition coefficient (Wildman–Crippen LogP) is 5.93. The van der Waals surface area contributed by atoms with Crippen LogP contribution in [0.15, 0.2) is 18.2 Å². The molecule has 4 aliphatic carbocycles. The van der Waals surface area contributed by atoms with Crippen molar-refractivity contribution in [3.8, 4) is 0 Å². The predicted molar refractivity (Wildman–Crippen MR) is 94.9 cm³/mol. The molecule has 0 aromatic heterocycles. The molecule has 4 fully saturated rings. The lowest BCUT2D eigenvalue weighted by atomic mass is 9.40. The van der Waals surface area contributed by atoms with Gasteiger partial charge in [0.15, 0.2) is 0 Å². The molecule has 124 valence electrons. The molecular formula is C19H23Cl2NO. The van der Waals surface area contributed by atoms with E-state index in [4.69, 9.17) is 23.2 Å². The van der Waals surface area contributed by atoms with Crippen LogP contribution >= 0.6 is 23.2 Å². The van der Waals surface area contributed by atoms with Crippen molar-refractivity contribution in [1.29, 1.82) is 0 Å². The molecule has 2 nitrogen and oxygen atoms in total. The van der Waals surface area contributed by atoms with Crippen molar-refractivity contribution >= 4 is 34.8 Å². The number of amides is 1. The number of halogens is 2. The number of hydrogen-bond acceptors (Lipinski definition) is 1. The SMILES string of the molecule is C[C@]12CC3CC(C(=O)Nc4ccc(Cl)cc4Cl)(C1)C[C@@](C)(C3)C2. The highest BCUT2D eigenvalue weighted by atomic mass is 35.5. The summed E-state index contributed by atoms with van der Waals surface area (Å²) in [6.45, 7) is 4.76. The third kappa shape index (κ3) is 2.59. The van der Waals surface area contributed by atoms with Gasteiger partial charge in [-0.1, -0.05) is 37.0 Å². The summed E-state index contributed by atoms with van der Waals surface area (Å²) in [6.07, 6.45) is 6.92. The summed E-state index contributed by atoms with van der Waals surface area (Å²) in [5, 5.41) is 4.19. The zero-order chi connectivity index (χ0) is 16.5. The molecule has 5 rings (SSSR count). The van der Waals surface area contributed by atoms with Gasteiger partial charge < -0.3 is 5.32 Å². The van der Waals surface area contributed by atoms with E-state index in [0.29, 0.717) is 32.5 Å². The fourth-order valence-electron chi connectivity index (χ4n) is 6.55. The number of benzene rings is 1. The Hall–Kier alpha value is -0.730. The topological polar surface area (TPSA) is 29.1 Å². The Balaban J connectivity index is 1.63. The number of anilines is 1. The molecule has 1 amide bonds. The van der Waals surface area contributed by atoms with Gasteiger partial charge in [0, 0.05) is 5.02 Å². The van der Waals surface area contributed by atoms with Gasteiger partial charge in [-0.05, 0) is 73.5 Å². The highest BCUT2D eigenvalue weighted by Crippen LogP contribution is 2.69. The number of rotatable bonds is 2. The van der Waals surface area contributed by atoms with Crippen molar-refractivity contribution in [3.05, 3.63) is 28.2 Å². The Labute approximate surface area is 147 Å². The van der Waals surface area contributed by atoms with E-state index in [-0.39, 0.29) is 11.3 Å². The van der Waals surface area contributed by atoms with E-state index < -0.39 is 0 Å². The molecule has 1 N–H and O–H groups in total. The molecule has 4 saturated carbocycles. The van der Waals surface area contributed by atoms with Crippen LogP contribution in [-0.4, -0.2) is 5.91 Å². The van der Waals surface area contributed by atoms with Crippen LogP contribution in [0.4, 0.5) is 5.69 Å². The molecule has 1 aromatic rings. The first-order valence-electron chi connectivity index (χ1n) is 8.48. The summed E-state index contributed by atoms with van der Waals surface area (Å²) in [5.41, 5.74) is 1.11. The van der Waals surface area contributed by atoms with E-state index in [1.807, 2.05) is 0 Å². The van der Waals surface area contributed by atoms with E-state index >= 15 is 0 Å². The summed E-state index contributed by atoms with van der Waals surface area (Å²) >= 11 is 12.2. The van der Waals surface area contributed by atoms with Crippen LogP contribution in [0.5, 0.6) is 0 Å². The van der Waals surface area contributed by atoms with Gasteiger partial charge in [0.1, 0.15) is 0 Å². The van der Waals surface area contributed by atoms with E-state index in [2.05, 4.69) is 19.2 Å². The van der Waals surface area contributed by atoms with E-state index in [9.17, 15) is 4.79 Å². The van der Waals surface area contributed by atoms with Crippen LogP contribution in [0.3, 0.4) is 0 Å². The molecule has 23 heavy (non-hydrogen) atoms. The summed E-state index contributed by atoms with van der Waals surface area (Å²) in [5.74, 6) is 0.857. The molecule has 2 unspecified atom stereocenters. The third-order valence-electron chi connectivity index (χ3n) is 6.29. The normalized spacial score (nSPS) is 41.1. The highest BCUT2D eigenvalue weighted by Gasteiger charge is 2.62. The van der Waals surface area contributed by atoms with Crippen molar-refractivity contribution in [2.45, 2.75) is 52.4 Å². The number of carbonyl (C=O) groups is 1. The minimum absolute atomic E-state index is 0.156. The standard InChI is InChI=1S/C19H23Cl2NO/c1-17-6-12-7-18(2,9-17)11-19(8-12,10-17)16(23)22-15-4-3-13(20)5-14(15)21/h3-5,12H,6-11H2,1-2H3,(H,22,23)/t12?,17-,18+,19?. The zero-order valence-corrected chi connectivity index (χ0v) is 15.2. The zero-order valence-electron chi connectivity index (χ0n) is 13.7. The fraction of sp³-hybridized carbons (Fsp3) is 0.632. The Morgan fingerprint density at radius 2 is 1.74 bits per heavy atom. The summed E-state index contributed by atoms with van der Waals surface area (Å²) in [4.78, 5) is 13.2. The second kappa shape index (κ2) is 4.89. The van der Waals surface area contributed by atoms with Crippen LogP contribution in [0.25, 0.3) is 0 Å². The molecule has 4 aliphatic rings. The Morgan fingerprint density at radius 3 is 2.30 bits per heavy atom. The van der Waals surface area contributed by atoms with Crippen molar-refractivity contribution in [2.24, 2.45) is 22.2 Å². The van der Waals surface area contributed by atoms with E-state index in [1.165, 1.54) is 19.3 Å². The second-order valence-corrected chi connectivity index (χ2v) is 9.83. The Bertz CT molecular complexity index is 668. The molecule has 0 spiro atoms. The van der Waals surface area contributed by atoms with Crippen molar-refractivity contribution in [2.75, 3.05) is 5.32 Å². The van der Waals surface area contributed by atoms with Gasteiger partial charge in [-0.3, -0.25) is 4.79 Å². The monoisotopic (exact) mass is 351 g/mol. The van der Waals surface area contributed by atoms with Gasteiger partial charge in [-0.2, -0.15) is 0 Å². The lowest BCUT2D eigenvalue weighted by Crippen LogP contribution is -2.58. The summed E-state index contributed by atoms with van der Waals surface area (Å²) in [6, 6.07) is 5.25. The summed E-state index contributed by atoms with van der Waals surface area (Å²) in [7, 11) is 0. The lowest BCUT2D eigenvalue weighted by Gasteiger charge is -2.64. The first kappa shape index (κ1) is 15.8. The molecule has 1 aromatic carbocycles. The lowest BCUT2D eigenvalue weighted by molar-refractivity contribution is -0.165. The van der Waals surface area contributed by atoms with Crippen molar-refractivity contribution < 1.29 is 4.79 Å². The second-order valence-electron chi connectivity index (χ2n) is 8.99. The maximum absolute atomic E-state index is 13.2. The van der Waals surface area contributed by atoms with Crippen LogP contribution in [-0.2, 0) is 4.79 Å². The first-order valence-corrected chi connectivity index (χ1v) is 9.23. The molecule has 4 heteroatoms. The van der Waals surface area contributed by atoms with E-state index in [0.717, 1.165) is 19.3 Å². The molecular weight excluding hydrogens is 329 g/mol. The van der Waals surface area contributed by atoms with Gasteiger partial charge >= 0.3 is 0 Å². The number of carbonyl (C=O) groups excluding carboxylic acids is 1. The van der Waals surface area contributed by atoms with Crippen LogP contribution in [0.2, 0.25) is 10.0 Å². The minimum atomic E-state index is -0.216. The molecule has 0 heterocycles. The fourth-order valence-corrected chi connectivity index (χ4v) is 7.00. The summed E-state index contributed by atoms with van der Waals surface area (Å²) < 4.78 is 0. The molecule has 0 radical (unpaired) electrons. The number of nitrogens with one attached hydrogen (secondary N) is 1. The highest BCUT2D eigenvalue weighted by molar-refractivity contribution is 6.36. The van der Waals surface area contributed by atoms with Gasteiger partial charge in [-0.25, -0.2) is 0 Å². The smallest absolute Gasteiger partial charge is 0.230 e. The molecule has 0 aliphatic heterocycles. The minimum Gasteiger partial charge on any atom is -0.324 e. The van der Waals surface area contributed by atoms with Gasteiger partial charge in [0.25, 0.3) is 0 Å². The first-order chi connectivity index (χ1) is 10.7. The van der Waals surface area contributed by atoms with Crippen LogP contribution < -0.4 is 5.32 Å². The molecule has 0 saturated heterocycles. The van der Waals surface area contributed by atoms with Crippen LogP contribution in [0, 0.1) is 22.2 Å². The average Bonchev–Trinajstić information content (AvgIpc) is 2.37. The van der Waals surface area contributed by atoms with Gasteiger partial charge in [0.2, 0.25) is 5.91 Å². The quantitative estimate of drug-likeness (QED) is 0.702. The maximum atomic E-state index is 13.2. The van der Waals surface area contributed by atoms with Crippen LogP contribution in [0.1, 0.15) is 52.4 Å². The van der Waals surface area contributed by atoms with Gasteiger partial charge in [-0.15, -0.1) is 0 Å². The Kier molecular flexibility index (Phi) is 3.36. The maximum Gasteiger partial charge on any atom is 0.230 e. The largest absolute Gasteiger partial charge is 0.324 e. The number of hydrogen-bond donors (Lipinski definition) is 1. The Morgan fingerprint density at radius 1 is 1.09 bits per heavy atom. The molecule has 4 atom stereocenters. The average molecular weight is 352 g/mol. The van der Waals surface area contributed by atoms with E-state index in [1.54, 1.807) is 18.2 Å². The molecule has 4 bridgehead atoms. The van der Waals surface area contributed by atoms with Crippen molar-refractivity contribution in [3.63, 3.8) is 0 Å². The van der Waals surface area contributed by atoms with Crippen molar-refractivity contribution in [1.82, 2.24) is 0 Å². The van der Waals surface area contributed by atoms with Gasteiger partial charge in [0.05, 0.1) is 16.1 Å². The third-order valence-corrected chi connectivity index (χ3v) is 6.84.